The molecule has 1 saturated heterocycles. The van der Waals surface area contributed by atoms with E-state index in [4.69, 9.17) is 30.5 Å². The summed E-state index contributed by atoms with van der Waals surface area (Å²) < 4.78 is 29.4. The van der Waals surface area contributed by atoms with Crippen molar-refractivity contribution in [3.8, 4) is 0 Å². The molecule has 3 fully saturated rings. The fourth-order valence-corrected chi connectivity index (χ4v) is 9.14. The Kier molecular flexibility index (Phi) is 7.33. The standard InChI is InChI=1S/C28H50N2O4SSi2/c1-24(2,3)36(8,9)32-21-13-12-15-28-26(21,7)16-14-22(33-37(10,11)25(4,5)6)27(28,34-28)19-31-23(35)30-18-17-29-20-30/h17-18,20-22H,12-16,19H2,1-11H3/t21-,22-,26+,27+,28?/m0/s1. The molecule has 2 saturated carbocycles. The van der Waals surface area contributed by atoms with E-state index in [9.17, 15) is 0 Å². The summed E-state index contributed by atoms with van der Waals surface area (Å²) in [4.78, 5) is 4.13. The molecule has 1 aromatic heterocycles. The summed E-state index contributed by atoms with van der Waals surface area (Å²) in [6.07, 6.45) is 10.6. The Morgan fingerprint density at radius 1 is 1.00 bits per heavy atom. The molecule has 37 heavy (non-hydrogen) atoms. The summed E-state index contributed by atoms with van der Waals surface area (Å²) in [7, 11) is -3.99. The van der Waals surface area contributed by atoms with E-state index in [1.54, 1.807) is 17.1 Å². The number of aromatic nitrogens is 2. The second kappa shape index (κ2) is 9.23. The third-order valence-corrected chi connectivity index (χ3v) is 20.0. The van der Waals surface area contributed by atoms with Gasteiger partial charge in [-0.3, -0.25) is 4.57 Å². The fourth-order valence-electron chi connectivity index (χ4n) is 6.16. The lowest BCUT2D eigenvalue weighted by Crippen LogP contribution is -2.64. The van der Waals surface area contributed by atoms with Crippen molar-refractivity contribution >= 4 is 34.0 Å². The van der Waals surface area contributed by atoms with Crippen molar-refractivity contribution in [3.05, 3.63) is 18.7 Å². The predicted molar refractivity (Wildman–Crippen MR) is 158 cm³/mol. The number of thiocarbonyl (C=S) groups is 1. The first-order chi connectivity index (χ1) is 16.8. The topological polar surface area (TPSA) is 58.0 Å². The van der Waals surface area contributed by atoms with Crippen LogP contribution in [0.2, 0.25) is 36.3 Å². The van der Waals surface area contributed by atoms with E-state index >= 15 is 0 Å². The molecular weight excluding hydrogens is 517 g/mol. The van der Waals surface area contributed by atoms with Crippen molar-refractivity contribution in [1.29, 1.82) is 0 Å². The van der Waals surface area contributed by atoms with Gasteiger partial charge in [0.25, 0.3) is 5.17 Å². The van der Waals surface area contributed by atoms with Crippen molar-refractivity contribution in [3.63, 3.8) is 0 Å². The van der Waals surface area contributed by atoms with E-state index in [2.05, 4.69) is 79.6 Å². The molecule has 0 amide bonds. The predicted octanol–water partition coefficient (Wildman–Crippen LogP) is 7.31. The van der Waals surface area contributed by atoms with Crippen LogP contribution in [0.4, 0.5) is 0 Å². The molecular formula is C28H50N2O4SSi2. The monoisotopic (exact) mass is 566 g/mol. The molecule has 1 aliphatic heterocycles. The van der Waals surface area contributed by atoms with E-state index in [0.29, 0.717) is 11.8 Å². The van der Waals surface area contributed by atoms with Crippen molar-refractivity contribution < 1.29 is 18.3 Å². The smallest absolute Gasteiger partial charge is 0.269 e. The molecule has 0 N–H and O–H groups in total. The largest absolute Gasteiger partial charge is 0.467 e. The Hall–Kier alpha value is -0.586. The van der Waals surface area contributed by atoms with Gasteiger partial charge in [-0.1, -0.05) is 48.5 Å². The second-order valence-electron chi connectivity index (χ2n) is 14.9. The second-order valence-corrected chi connectivity index (χ2v) is 24.8. The minimum atomic E-state index is -2.04. The van der Waals surface area contributed by atoms with E-state index in [0.717, 1.165) is 32.1 Å². The third kappa shape index (κ3) is 4.73. The molecule has 1 spiro atoms. The Morgan fingerprint density at radius 2 is 1.59 bits per heavy atom. The van der Waals surface area contributed by atoms with Crippen LogP contribution in [0, 0.1) is 5.41 Å². The van der Waals surface area contributed by atoms with Gasteiger partial charge in [-0.05, 0) is 80.6 Å². The van der Waals surface area contributed by atoms with Crippen LogP contribution in [0.25, 0.3) is 0 Å². The Morgan fingerprint density at radius 3 is 2.14 bits per heavy atom. The molecule has 5 atom stereocenters. The van der Waals surface area contributed by atoms with Crippen LogP contribution in [0.3, 0.4) is 0 Å². The zero-order valence-corrected chi connectivity index (χ0v) is 27.9. The highest BCUT2D eigenvalue weighted by atomic mass is 32.1. The Labute approximate surface area is 232 Å². The molecule has 1 unspecified atom stereocenters. The number of ether oxygens (including phenoxy) is 2. The van der Waals surface area contributed by atoms with Crippen molar-refractivity contribution in [2.24, 2.45) is 5.41 Å². The summed E-state index contributed by atoms with van der Waals surface area (Å²) in [6, 6.07) is 0. The summed E-state index contributed by atoms with van der Waals surface area (Å²) in [5.74, 6) is 0. The maximum absolute atomic E-state index is 7.18. The van der Waals surface area contributed by atoms with E-state index in [-0.39, 0.29) is 33.3 Å². The number of rotatable bonds is 6. The molecule has 6 nitrogen and oxygen atoms in total. The van der Waals surface area contributed by atoms with E-state index < -0.39 is 22.2 Å². The van der Waals surface area contributed by atoms with Gasteiger partial charge in [-0.25, -0.2) is 4.98 Å². The maximum atomic E-state index is 7.18. The van der Waals surface area contributed by atoms with Crippen LogP contribution in [0.15, 0.2) is 18.7 Å². The van der Waals surface area contributed by atoms with Crippen LogP contribution in [-0.2, 0) is 18.3 Å². The Bertz CT molecular complexity index is 1000. The maximum Gasteiger partial charge on any atom is 0.269 e. The first-order valence-corrected chi connectivity index (χ1v) is 20.3. The number of epoxide rings is 1. The normalized spacial score (nSPS) is 34.5. The van der Waals surface area contributed by atoms with Gasteiger partial charge in [0.2, 0.25) is 0 Å². The van der Waals surface area contributed by atoms with Crippen molar-refractivity contribution in [2.45, 2.75) is 140 Å². The number of hydrogen-bond donors (Lipinski definition) is 0. The van der Waals surface area contributed by atoms with Gasteiger partial charge >= 0.3 is 0 Å². The van der Waals surface area contributed by atoms with Crippen molar-refractivity contribution in [1.82, 2.24) is 9.55 Å². The summed E-state index contributed by atoms with van der Waals surface area (Å²) in [5.41, 5.74) is -0.926. The quantitative estimate of drug-likeness (QED) is 0.204. The molecule has 0 bridgehead atoms. The zero-order valence-electron chi connectivity index (χ0n) is 25.1. The van der Waals surface area contributed by atoms with Crippen LogP contribution in [0.5, 0.6) is 0 Å². The summed E-state index contributed by atoms with van der Waals surface area (Å²) in [5, 5.41) is 0.684. The van der Waals surface area contributed by atoms with Gasteiger partial charge in [0.15, 0.2) is 22.2 Å². The molecule has 3 aliphatic rings. The van der Waals surface area contributed by atoms with Gasteiger partial charge < -0.3 is 18.3 Å². The third-order valence-electron chi connectivity index (χ3n) is 10.7. The van der Waals surface area contributed by atoms with E-state index in [1.807, 2.05) is 6.20 Å². The minimum Gasteiger partial charge on any atom is -0.467 e. The van der Waals surface area contributed by atoms with Crippen LogP contribution in [-0.4, -0.2) is 61.4 Å². The number of hydrogen-bond acceptors (Lipinski definition) is 6. The average Bonchev–Trinajstić information content (AvgIpc) is 3.12. The molecule has 2 heterocycles. The molecule has 210 valence electrons. The molecule has 0 radical (unpaired) electrons. The Balaban J connectivity index is 1.67. The molecule has 0 aromatic carbocycles. The fraction of sp³-hybridized carbons (Fsp3) is 0.857. The lowest BCUT2D eigenvalue weighted by atomic mass is 9.54. The first-order valence-electron chi connectivity index (χ1n) is 14.0. The van der Waals surface area contributed by atoms with E-state index in [1.165, 1.54) is 0 Å². The molecule has 9 heteroatoms. The SMILES string of the molecule is CC(C)(C)[Si](C)(C)O[C@H]1CCCC23O[C@]2(COC(=S)n2ccnc2)[C@@H](O[Si](C)(C)C(C)(C)C)CC[C@]13C. The van der Waals surface area contributed by atoms with Gasteiger partial charge in [-0.15, -0.1) is 0 Å². The molecule has 1 aromatic rings. The van der Waals surface area contributed by atoms with Crippen molar-refractivity contribution in [2.75, 3.05) is 6.61 Å². The summed E-state index contributed by atoms with van der Waals surface area (Å²) >= 11 is 5.62. The van der Waals surface area contributed by atoms with Gasteiger partial charge in [0.05, 0.1) is 12.2 Å². The van der Waals surface area contributed by atoms with Gasteiger partial charge in [-0.2, -0.15) is 0 Å². The number of imidazole rings is 1. The zero-order chi connectivity index (χ0) is 27.7. The summed E-state index contributed by atoms with van der Waals surface area (Å²) in [6.45, 7) is 26.1. The number of nitrogens with zero attached hydrogens (tertiary/aromatic N) is 2. The van der Waals surface area contributed by atoms with Gasteiger partial charge in [0, 0.05) is 17.8 Å². The van der Waals surface area contributed by atoms with Gasteiger partial charge in [0.1, 0.15) is 18.5 Å². The lowest BCUT2D eigenvalue weighted by Gasteiger charge is -2.55. The van der Waals surface area contributed by atoms with Crippen LogP contribution < -0.4 is 0 Å². The lowest BCUT2D eigenvalue weighted by molar-refractivity contribution is -0.0778. The average molecular weight is 567 g/mol. The highest BCUT2D eigenvalue weighted by Gasteiger charge is 2.84. The van der Waals surface area contributed by atoms with Crippen LogP contribution in [0.1, 0.15) is 80.6 Å². The highest BCUT2D eigenvalue weighted by Crippen LogP contribution is 2.72. The first kappa shape index (κ1) is 29.4. The molecule has 4 rings (SSSR count). The molecule has 2 aliphatic carbocycles. The van der Waals surface area contributed by atoms with Crippen LogP contribution >= 0.6 is 12.2 Å². The minimum absolute atomic E-state index is 0.0151. The highest BCUT2D eigenvalue weighted by molar-refractivity contribution is 7.80.